The third-order valence-electron chi connectivity index (χ3n) is 3.99. The van der Waals surface area contributed by atoms with Crippen LogP contribution in [0, 0.1) is 6.92 Å². The Bertz CT molecular complexity index is 942. The topological polar surface area (TPSA) is 50.5 Å². The van der Waals surface area contributed by atoms with E-state index < -0.39 is 0 Å². The van der Waals surface area contributed by atoms with Crippen molar-refractivity contribution in [1.29, 1.82) is 0 Å². The van der Waals surface area contributed by atoms with Gasteiger partial charge in [0.25, 0.3) is 5.56 Å². The van der Waals surface area contributed by atoms with Gasteiger partial charge in [-0.1, -0.05) is 47.7 Å². The summed E-state index contributed by atoms with van der Waals surface area (Å²) >= 11 is 1.47. The van der Waals surface area contributed by atoms with Crippen molar-refractivity contribution in [3.05, 3.63) is 64.1 Å². The lowest BCUT2D eigenvalue weighted by atomic mass is 10.00. The van der Waals surface area contributed by atoms with Gasteiger partial charge >= 0.3 is 0 Å². The first kappa shape index (κ1) is 14.1. The highest BCUT2D eigenvalue weighted by molar-refractivity contribution is 7.20. The molecule has 0 atom stereocenters. The van der Waals surface area contributed by atoms with Crippen LogP contribution in [0.2, 0.25) is 0 Å². The standard InChI is InChI=1S/C17H16N4OS/c1-12-11-15(22)21-16(18-12)23-17(19-21)20-9-7-14(8-10-20)13-5-3-2-4-6-13/h2-7,11H,8-10H2,1H3. The molecule has 2 aromatic heterocycles. The van der Waals surface area contributed by atoms with Crippen molar-refractivity contribution in [2.75, 3.05) is 18.0 Å². The van der Waals surface area contributed by atoms with Crippen LogP contribution in [0.3, 0.4) is 0 Å². The Morgan fingerprint density at radius 3 is 2.78 bits per heavy atom. The zero-order valence-corrected chi connectivity index (χ0v) is 13.6. The molecule has 23 heavy (non-hydrogen) atoms. The highest BCUT2D eigenvalue weighted by Gasteiger charge is 2.17. The molecule has 3 heterocycles. The predicted octanol–water partition coefficient (Wildman–Crippen LogP) is 2.75. The molecule has 0 radical (unpaired) electrons. The van der Waals surface area contributed by atoms with E-state index in [-0.39, 0.29) is 5.56 Å². The van der Waals surface area contributed by atoms with Crippen LogP contribution < -0.4 is 10.5 Å². The largest absolute Gasteiger partial charge is 0.343 e. The second-order valence-corrected chi connectivity index (χ2v) is 6.54. The van der Waals surface area contributed by atoms with Gasteiger partial charge in [-0.3, -0.25) is 4.79 Å². The molecular formula is C17H16N4OS. The van der Waals surface area contributed by atoms with Crippen molar-refractivity contribution < 1.29 is 0 Å². The lowest BCUT2D eigenvalue weighted by Gasteiger charge is -2.25. The molecule has 3 aromatic rings. The van der Waals surface area contributed by atoms with Gasteiger partial charge in [-0.15, -0.1) is 5.10 Å². The van der Waals surface area contributed by atoms with Gasteiger partial charge in [-0.25, -0.2) is 4.98 Å². The molecule has 0 spiro atoms. The molecule has 116 valence electrons. The summed E-state index contributed by atoms with van der Waals surface area (Å²) in [5.41, 5.74) is 3.27. The van der Waals surface area contributed by atoms with Crippen LogP contribution in [0.25, 0.3) is 10.5 Å². The van der Waals surface area contributed by atoms with Crippen LogP contribution in [0.4, 0.5) is 5.13 Å². The molecule has 6 heteroatoms. The fourth-order valence-electron chi connectivity index (χ4n) is 2.80. The van der Waals surface area contributed by atoms with Crippen molar-refractivity contribution in [3.8, 4) is 0 Å². The summed E-state index contributed by atoms with van der Waals surface area (Å²) in [5, 5.41) is 5.28. The number of aryl methyl sites for hydroxylation is 1. The summed E-state index contributed by atoms with van der Waals surface area (Å²) in [7, 11) is 0. The quantitative estimate of drug-likeness (QED) is 0.727. The first-order chi connectivity index (χ1) is 11.2. The van der Waals surface area contributed by atoms with Gasteiger partial charge in [0.05, 0.1) is 0 Å². The fraction of sp³-hybridized carbons (Fsp3) is 0.235. The Labute approximate surface area is 137 Å². The summed E-state index contributed by atoms with van der Waals surface area (Å²) in [6.07, 6.45) is 3.22. The van der Waals surface area contributed by atoms with Crippen molar-refractivity contribution in [2.45, 2.75) is 13.3 Å². The lowest BCUT2D eigenvalue weighted by molar-refractivity contribution is 0.796. The third-order valence-corrected chi connectivity index (χ3v) is 4.96. The van der Waals surface area contributed by atoms with Gasteiger partial charge < -0.3 is 4.90 Å². The zero-order valence-electron chi connectivity index (χ0n) is 12.8. The molecule has 0 bridgehead atoms. The summed E-state index contributed by atoms with van der Waals surface area (Å²) in [6, 6.07) is 12.0. The van der Waals surface area contributed by atoms with E-state index >= 15 is 0 Å². The average Bonchev–Trinajstić information content (AvgIpc) is 3.00. The van der Waals surface area contributed by atoms with Crippen LogP contribution in [0.1, 0.15) is 17.7 Å². The number of nitrogens with zero attached hydrogens (tertiary/aromatic N) is 4. The fourth-order valence-corrected chi connectivity index (χ4v) is 3.78. The van der Waals surface area contributed by atoms with Gasteiger partial charge in [0, 0.05) is 24.8 Å². The van der Waals surface area contributed by atoms with Gasteiger partial charge in [-0.05, 0) is 24.5 Å². The summed E-state index contributed by atoms with van der Waals surface area (Å²) in [4.78, 5) is 19.2. The Morgan fingerprint density at radius 2 is 2.04 bits per heavy atom. The van der Waals surface area contributed by atoms with Crippen molar-refractivity contribution in [3.63, 3.8) is 0 Å². The second kappa shape index (κ2) is 5.62. The van der Waals surface area contributed by atoms with E-state index in [1.165, 1.54) is 33.1 Å². The minimum absolute atomic E-state index is 0.118. The number of anilines is 1. The maximum atomic E-state index is 12.0. The predicted molar refractivity (Wildman–Crippen MR) is 93.1 cm³/mol. The number of hydrogen-bond acceptors (Lipinski definition) is 5. The van der Waals surface area contributed by atoms with E-state index in [0.717, 1.165) is 30.3 Å². The highest BCUT2D eigenvalue weighted by atomic mass is 32.1. The molecule has 0 aliphatic carbocycles. The molecule has 0 saturated heterocycles. The molecule has 0 amide bonds. The third kappa shape index (κ3) is 2.66. The molecule has 1 aliphatic rings. The van der Waals surface area contributed by atoms with E-state index in [1.807, 2.05) is 13.0 Å². The normalized spacial score (nSPS) is 15.0. The first-order valence-electron chi connectivity index (χ1n) is 7.57. The Hall–Kier alpha value is -2.47. The Kier molecular flexibility index (Phi) is 3.46. The summed E-state index contributed by atoms with van der Waals surface area (Å²) < 4.78 is 1.39. The SMILES string of the molecule is Cc1cc(=O)n2nc(N3CC=C(c4ccccc4)CC3)sc2n1. The van der Waals surface area contributed by atoms with Crippen LogP contribution in [-0.2, 0) is 0 Å². The van der Waals surface area contributed by atoms with Gasteiger partial charge in [-0.2, -0.15) is 4.52 Å². The second-order valence-electron chi connectivity index (χ2n) is 5.61. The number of aromatic nitrogens is 3. The van der Waals surface area contributed by atoms with Gasteiger partial charge in [0.15, 0.2) is 0 Å². The van der Waals surface area contributed by atoms with Crippen molar-refractivity contribution in [2.24, 2.45) is 0 Å². The zero-order chi connectivity index (χ0) is 15.8. The molecule has 1 aliphatic heterocycles. The molecule has 0 unspecified atom stereocenters. The number of rotatable bonds is 2. The Morgan fingerprint density at radius 1 is 1.22 bits per heavy atom. The van der Waals surface area contributed by atoms with E-state index in [1.54, 1.807) is 0 Å². The van der Waals surface area contributed by atoms with Gasteiger partial charge in [0.1, 0.15) is 0 Å². The smallest absolute Gasteiger partial charge is 0.275 e. The molecule has 5 nitrogen and oxygen atoms in total. The van der Waals surface area contributed by atoms with Gasteiger partial charge in [0.2, 0.25) is 10.1 Å². The first-order valence-corrected chi connectivity index (χ1v) is 8.39. The van der Waals surface area contributed by atoms with E-state index in [4.69, 9.17) is 0 Å². The molecule has 0 saturated carbocycles. The maximum Gasteiger partial charge on any atom is 0.275 e. The van der Waals surface area contributed by atoms with Crippen molar-refractivity contribution >= 4 is 27.0 Å². The average molecular weight is 324 g/mol. The van der Waals surface area contributed by atoms with E-state index in [9.17, 15) is 4.79 Å². The van der Waals surface area contributed by atoms with E-state index in [2.05, 4.69) is 45.3 Å². The molecule has 1 aromatic carbocycles. The van der Waals surface area contributed by atoms with E-state index in [0.29, 0.717) is 4.96 Å². The summed E-state index contributed by atoms with van der Waals surface area (Å²) in [5.74, 6) is 0. The number of fused-ring (bicyclic) bond motifs is 1. The van der Waals surface area contributed by atoms with Crippen LogP contribution >= 0.6 is 11.3 Å². The molecule has 0 fully saturated rings. The number of hydrogen-bond donors (Lipinski definition) is 0. The maximum absolute atomic E-state index is 12.0. The molecule has 4 rings (SSSR count). The molecule has 0 N–H and O–H groups in total. The minimum Gasteiger partial charge on any atom is -0.343 e. The van der Waals surface area contributed by atoms with Crippen molar-refractivity contribution in [1.82, 2.24) is 14.6 Å². The highest BCUT2D eigenvalue weighted by Crippen LogP contribution is 2.27. The van der Waals surface area contributed by atoms with Crippen LogP contribution in [-0.4, -0.2) is 27.7 Å². The van der Waals surface area contributed by atoms with Crippen LogP contribution in [0.5, 0.6) is 0 Å². The number of benzene rings is 1. The lowest BCUT2D eigenvalue weighted by Crippen LogP contribution is -2.28. The monoisotopic (exact) mass is 324 g/mol. The van der Waals surface area contributed by atoms with Crippen LogP contribution in [0.15, 0.2) is 47.3 Å². The molecular weight excluding hydrogens is 308 g/mol. The minimum atomic E-state index is -0.118. The summed E-state index contributed by atoms with van der Waals surface area (Å²) in [6.45, 7) is 3.53. The Balaban J connectivity index is 1.62.